The number of methoxy groups -OCH3 is 1. The van der Waals surface area contributed by atoms with Gasteiger partial charge in [0.15, 0.2) is 0 Å². The molecule has 0 radical (unpaired) electrons. The number of allylic oxidation sites excluding steroid dienone is 4. The summed E-state index contributed by atoms with van der Waals surface area (Å²) in [7, 11) is 1.61. The third-order valence-electron chi connectivity index (χ3n) is 5.94. The number of hydrogen-bond donors (Lipinski definition) is 2. The Kier molecular flexibility index (Phi) is 5.61. The van der Waals surface area contributed by atoms with E-state index in [2.05, 4.69) is 12.2 Å². The molecule has 0 saturated carbocycles. The first-order chi connectivity index (χ1) is 14.8. The molecule has 2 N–H and O–H groups in total. The lowest BCUT2D eigenvalue weighted by Gasteiger charge is -2.30. The maximum atomic E-state index is 10.6. The zero-order chi connectivity index (χ0) is 22.3. The van der Waals surface area contributed by atoms with Gasteiger partial charge in [-0.05, 0) is 52.2 Å². The number of phenolic OH excluding ortho intramolecular Hbond substituents is 2. The highest BCUT2D eigenvalue weighted by molar-refractivity contribution is 5.62. The first-order valence-corrected chi connectivity index (χ1v) is 10.6. The highest BCUT2D eigenvalue weighted by atomic mass is 16.5. The number of hydrogen-bond acceptors (Lipinski definition) is 5. The van der Waals surface area contributed by atoms with E-state index in [1.807, 2.05) is 33.8 Å². The van der Waals surface area contributed by atoms with Crippen molar-refractivity contribution in [2.45, 2.75) is 52.6 Å². The van der Waals surface area contributed by atoms with Gasteiger partial charge in [-0.3, -0.25) is 0 Å². The van der Waals surface area contributed by atoms with Crippen LogP contribution in [0, 0.1) is 0 Å². The molecular formula is C26H30O5. The Hall–Kier alpha value is -3.08. The summed E-state index contributed by atoms with van der Waals surface area (Å²) in [5.74, 6) is 2.23. The van der Waals surface area contributed by atoms with Crippen molar-refractivity contribution in [3.63, 3.8) is 0 Å². The van der Waals surface area contributed by atoms with Crippen molar-refractivity contribution in [3.8, 4) is 28.7 Å². The van der Waals surface area contributed by atoms with E-state index in [0.29, 0.717) is 36.7 Å². The normalized spacial score (nSPS) is 18.1. The minimum absolute atomic E-state index is 0.0108. The number of fused-ring (bicyclic) bond motifs is 5. The smallest absolute Gasteiger partial charge is 0.141 e. The van der Waals surface area contributed by atoms with Crippen LogP contribution in [-0.2, 0) is 12.8 Å². The van der Waals surface area contributed by atoms with Gasteiger partial charge in [-0.2, -0.15) is 0 Å². The summed E-state index contributed by atoms with van der Waals surface area (Å²) in [5, 5.41) is 21.1. The summed E-state index contributed by atoms with van der Waals surface area (Å²) in [6.45, 7) is 8.58. The zero-order valence-corrected chi connectivity index (χ0v) is 18.8. The number of phenols is 2. The van der Waals surface area contributed by atoms with Gasteiger partial charge in [0.05, 0.1) is 25.2 Å². The van der Waals surface area contributed by atoms with Crippen LogP contribution >= 0.6 is 0 Å². The van der Waals surface area contributed by atoms with Crippen molar-refractivity contribution in [3.05, 3.63) is 63.8 Å². The van der Waals surface area contributed by atoms with Gasteiger partial charge in [-0.15, -0.1) is 0 Å². The van der Waals surface area contributed by atoms with E-state index < -0.39 is 0 Å². The van der Waals surface area contributed by atoms with Crippen LogP contribution in [0.3, 0.4) is 0 Å². The fourth-order valence-corrected chi connectivity index (χ4v) is 4.31. The van der Waals surface area contributed by atoms with Crippen LogP contribution in [0.5, 0.6) is 28.7 Å². The molecular weight excluding hydrogens is 392 g/mol. The summed E-state index contributed by atoms with van der Waals surface area (Å²) >= 11 is 0. The molecule has 0 aromatic heterocycles. The molecule has 0 amide bonds. The van der Waals surface area contributed by atoms with Crippen LogP contribution in [0.2, 0.25) is 0 Å². The van der Waals surface area contributed by atoms with E-state index in [1.165, 1.54) is 5.57 Å². The molecule has 0 unspecified atom stereocenters. The highest BCUT2D eigenvalue weighted by Gasteiger charge is 2.44. The maximum absolute atomic E-state index is 10.6. The molecule has 164 valence electrons. The Morgan fingerprint density at radius 3 is 2.35 bits per heavy atom. The molecule has 5 heteroatoms. The summed E-state index contributed by atoms with van der Waals surface area (Å²) in [5.41, 5.74) is 5.81. The molecule has 2 aromatic carbocycles. The van der Waals surface area contributed by atoms with Gasteiger partial charge in [-0.1, -0.05) is 23.3 Å². The largest absolute Gasteiger partial charge is 0.508 e. The fraction of sp³-hybridized carbons (Fsp3) is 0.385. The third kappa shape index (κ3) is 3.85. The number of aromatic hydroxyl groups is 2. The SMILES string of the molecule is COc1c(CC=C(C)C)c(O)cc2c1[C@@H]1Oc3cc(O)c(CC=C(C)C)cc3[C@@H]1CO2. The first kappa shape index (κ1) is 21.2. The third-order valence-corrected chi connectivity index (χ3v) is 5.94. The lowest BCUT2D eigenvalue weighted by atomic mass is 9.86. The standard InChI is InChI=1S/C26H30O5/c1-14(2)6-8-16-10-18-19-13-30-23-12-21(28)17(9-7-15(3)4)25(29-5)24(23)26(19)31-22(18)11-20(16)27/h6-7,10-12,19,26-28H,8-9,13H2,1-5H3/t19-,26+/m0/s1. The minimum Gasteiger partial charge on any atom is -0.508 e. The number of ether oxygens (including phenoxy) is 3. The van der Waals surface area contributed by atoms with Crippen molar-refractivity contribution < 1.29 is 24.4 Å². The molecule has 2 aliphatic rings. The van der Waals surface area contributed by atoms with Crippen molar-refractivity contribution in [1.82, 2.24) is 0 Å². The average Bonchev–Trinajstić information content (AvgIpc) is 3.06. The van der Waals surface area contributed by atoms with Crippen LogP contribution in [-0.4, -0.2) is 23.9 Å². The van der Waals surface area contributed by atoms with Gasteiger partial charge in [-0.25, -0.2) is 0 Å². The predicted octanol–water partition coefficient (Wildman–Crippen LogP) is 5.73. The van der Waals surface area contributed by atoms with Crippen molar-refractivity contribution >= 4 is 0 Å². The molecule has 4 rings (SSSR count). The van der Waals surface area contributed by atoms with Gasteiger partial charge in [0.1, 0.15) is 34.9 Å². The second-order valence-corrected chi connectivity index (χ2v) is 8.77. The second kappa shape index (κ2) is 8.22. The molecule has 2 aliphatic heterocycles. The van der Waals surface area contributed by atoms with Gasteiger partial charge >= 0.3 is 0 Å². The van der Waals surface area contributed by atoms with Crippen molar-refractivity contribution in [2.75, 3.05) is 13.7 Å². The summed E-state index contributed by atoms with van der Waals surface area (Å²) in [6, 6.07) is 5.39. The molecule has 2 aromatic rings. The molecule has 31 heavy (non-hydrogen) atoms. The Morgan fingerprint density at radius 2 is 1.68 bits per heavy atom. The minimum atomic E-state index is -0.294. The average molecular weight is 423 g/mol. The van der Waals surface area contributed by atoms with Gasteiger partial charge in [0.2, 0.25) is 0 Å². The Labute approximate surface area is 183 Å². The van der Waals surface area contributed by atoms with Gasteiger partial charge in [0, 0.05) is 23.3 Å². The summed E-state index contributed by atoms with van der Waals surface area (Å²) in [4.78, 5) is 0. The molecule has 2 heterocycles. The van der Waals surface area contributed by atoms with Gasteiger partial charge in [0.25, 0.3) is 0 Å². The van der Waals surface area contributed by atoms with E-state index in [0.717, 1.165) is 27.8 Å². The summed E-state index contributed by atoms with van der Waals surface area (Å²) in [6.07, 6.45) is 5.09. The Morgan fingerprint density at radius 1 is 1.00 bits per heavy atom. The van der Waals surface area contributed by atoms with Crippen molar-refractivity contribution in [2.24, 2.45) is 0 Å². The lowest BCUT2D eigenvalue weighted by molar-refractivity contribution is 0.135. The predicted molar refractivity (Wildman–Crippen MR) is 121 cm³/mol. The Bertz CT molecular complexity index is 1070. The molecule has 0 aliphatic carbocycles. The zero-order valence-electron chi connectivity index (χ0n) is 18.8. The van der Waals surface area contributed by atoms with Crippen LogP contribution in [0.4, 0.5) is 0 Å². The highest BCUT2D eigenvalue weighted by Crippen LogP contribution is 2.56. The van der Waals surface area contributed by atoms with Crippen LogP contribution in [0.25, 0.3) is 0 Å². The molecule has 0 spiro atoms. The van der Waals surface area contributed by atoms with Gasteiger partial charge < -0.3 is 24.4 Å². The van der Waals surface area contributed by atoms with Crippen LogP contribution < -0.4 is 14.2 Å². The number of rotatable bonds is 5. The quantitative estimate of drug-likeness (QED) is 0.602. The van der Waals surface area contributed by atoms with E-state index in [1.54, 1.807) is 19.2 Å². The molecule has 0 saturated heterocycles. The topological polar surface area (TPSA) is 68.2 Å². The van der Waals surface area contributed by atoms with E-state index >= 15 is 0 Å². The molecule has 2 atom stereocenters. The van der Waals surface area contributed by atoms with E-state index in [9.17, 15) is 10.2 Å². The number of benzene rings is 2. The molecule has 5 nitrogen and oxygen atoms in total. The monoisotopic (exact) mass is 422 g/mol. The maximum Gasteiger partial charge on any atom is 0.141 e. The van der Waals surface area contributed by atoms with Crippen molar-refractivity contribution in [1.29, 1.82) is 0 Å². The first-order valence-electron chi connectivity index (χ1n) is 10.6. The second-order valence-electron chi connectivity index (χ2n) is 8.77. The van der Waals surface area contributed by atoms with Crippen LogP contribution in [0.1, 0.15) is 62.0 Å². The molecule has 0 fully saturated rings. The molecule has 0 bridgehead atoms. The van der Waals surface area contributed by atoms with E-state index in [4.69, 9.17) is 14.2 Å². The summed E-state index contributed by atoms with van der Waals surface area (Å²) < 4.78 is 18.2. The van der Waals surface area contributed by atoms with E-state index in [-0.39, 0.29) is 23.5 Å². The lowest BCUT2D eigenvalue weighted by Crippen LogP contribution is -2.24. The fourth-order valence-electron chi connectivity index (χ4n) is 4.31. The Balaban J connectivity index is 1.77. The van der Waals surface area contributed by atoms with Crippen LogP contribution in [0.15, 0.2) is 41.5 Å².